The van der Waals surface area contributed by atoms with Crippen molar-refractivity contribution < 1.29 is 9.59 Å². The topological polar surface area (TPSA) is 49.4 Å². The van der Waals surface area contributed by atoms with Crippen LogP contribution in [-0.2, 0) is 11.2 Å². The number of aryl methyl sites for hydroxylation is 2. The van der Waals surface area contributed by atoms with Gasteiger partial charge in [-0.05, 0) is 62.4 Å². The highest BCUT2D eigenvalue weighted by Crippen LogP contribution is 2.37. The van der Waals surface area contributed by atoms with E-state index in [2.05, 4.69) is 5.32 Å². The minimum atomic E-state index is -0.112. The Morgan fingerprint density at radius 1 is 1.08 bits per heavy atom. The summed E-state index contributed by atoms with van der Waals surface area (Å²) in [7, 11) is 0. The Hall–Kier alpha value is -2.62. The van der Waals surface area contributed by atoms with Crippen LogP contribution in [0.2, 0.25) is 0 Å². The third-order valence-corrected chi connectivity index (χ3v) is 5.07. The van der Waals surface area contributed by atoms with E-state index in [0.29, 0.717) is 5.56 Å². The fraction of sp³-hybridized carbons (Fsp3) is 0.333. The van der Waals surface area contributed by atoms with Gasteiger partial charge in [0.1, 0.15) is 0 Å². The van der Waals surface area contributed by atoms with E-state index < -0.39 is 0 Å². The molecule has 2 aromatic carbocycles. The zero-order chi connectivity index (χ0) is 17.6. The van der Waals surface area contributed by atoms with Gasteiger partial charge in [-0.1, -0.05) is 23.8 Å². The molecule has 2 amide bonds. The molecule has 1 heterocycles. The van der Waals surface area contributed by atoms with Crippen LogP contribution in [0.5, 0.6) is 0 Å². The van der Waals surface area contributed by atoms with Crippen molar-refractivity contribution >= 4 is 23.2 Å². The maximum Gasteiger partial charge on any atom is 0.255 e. The lowest BCUT2D eigenvalue weighted by atomic mass is 10.0. The van der Waals surface area contributed by atoms with E-state index in [1.54, 1.807) is 0 Å². The van der Waals surface area contributed by atoms with Crippen LogP contribution in [0.25, 0.3) is 0 Å². The molecule has 0 atom stereocenters. The van der Waals surface area contributed by atoms with Crippen LogP contribution in [0.15, 0.2) is 36.4 Å². The molecule has 0 saturated heterocycles. The van der Waals surface area contributed by atoms with Crippen LogP contribution in [0.3, 0.4) is 0 Å². The number of rotatable bonds is 3. The number of hydrogen-bond acceptors (Lipinski definition) is 2. The summed E-state index contributed by atoms with van der Waals surface area (Å²) in [5.41, 5.74) is 5.57. The Kier molecular flexibility index (Phi) is 3.83. The second kappa shape index (κ2) is 6.03. The molecular weight excluding hydrogens is 312 g/mol. The Bertz CT molecular complexity index is 868. The van der Waals surface area contributed by atoms with E-state index in [1.807, 2.05) is 55.1 Å². The summed E-state index contributed by atoms with van der Waals surface area (Å²) < 4.78 is 0. The van der Waals surface area contributed by atoms with Crippen molar-refractivity contribution in [2.45, 2.75) is 33.1 Å². The molecule has 4 heteroatoms. The van der Waals surface area contributed by atoms with Crippen molar-refractivity contribution in [2.24, 2.45) is 5.92 Å². The Labute approximate surface area is 147 Å². The lowest BCUT2D eigenvalue weighted by Crippen LogP contribution is -2.30. The van der Waals surface area contributed by atoms with Crippen molar-refractivity contribution in [3.63, 3.8) is 0 Å². The van der Waals surface area contributed by atoms with Crippen molar-refractivity contribution in [2.75, 3.05) is 16.8 Å². The Morgan fingerprint density at radius 2 is 1.88 bits per heavy atom. The number of carbonyl (C=O) groups excluding carboxylic acids is 2. The minimum absolute atomic E-state index is 0.112. The quantitative estimate of drug-likeness (QED) is 0.927. The molecule has 2 aromatic rings. The lowest BCUT2D eigenvalue weighted by Gasteiger charge is -2.18. The number of anilines is 2. The second-order valence-electron chi connectivity index (χ2n) is 7.13. The molecule has 0 aromatic heterocycles. The lowest BCUT2D eigenvalue weighted by molar-refractivity contribution is -0.119. The Morgan fingerprint density at radius 3 is 2.64 bits per heavy atom. The van der Waals surface area contributed by atoms with Crippen molar-refractivity contribution in [3.8, 4) is 0 Å². The van der Waals surface area contributed by atoms with Gasteiger partial charge < -0.3 is 10.2 Å². The van der Waals surface area contributed by atoms with Crippen LogP contribution in [-0.4, -0.2) is 18.4 Å². The monoisotopic (exact) mass is 334 g/mol. The molecule has 4 rings (SSSR count). The third-order valence-electron chi connectivity index (χ3n) is 5.07. The summed E-state index contributed by atoms with van der Waals surface area (Å²) in [5.74, 6) is 0.329. The summed E-state index contributed by atoms with van der Waals surface area (Å²) in [4.78, 5) is 27.0. The average Bonchev–Trinajstić information content (AvgIpc) is 3.36. The number of nitrogens with one attached hydrogen (secondary N) is 1. The molecule has 0 bridgehead atoms. The minimum Gasteiger partial charge on any atom is -0.322 e. The number of amides is 2. The SMILES string of the molecule is Cc1ccc(C)c(C(=O)Nc2ccc3c(c2)N(C(=O)C2CC2)CC3)c1. The zero-order valence-electron chi connectivity index (χ0n) is 14.6. The van der Waals surface area contributed by atoms with Gasteiger partial charge in [-0.25, -0.2) is 0 Å². The number of carbonyl (C=O) groups is 2. The summed E-state index contributed by atoms with van der Waals surface area (Å²) >= 11 is 0. The van der Waals surface area contributed by atoms with Gasteiger partial charge in [-0.2, -0.15) is 0 Å². The van der Waals surface area contributed by atoms with E-state index in [4.69, 9.17) is 0 Å². The highest BCUT2D eigenvalue weighted by Gasteiger charge is 2.36. The van der Waals surface area contributed by atoms with E-state index in [9.17, 15) is 9.59 Å². The van der Waals surface area contributed by atoms with Crippen molar-refractivity contribution in [1.82, 2.24) is 0 Å². The van der Waals surface area contributed by atoms with Gasteiger partial charge in [-0.15, -0.1) is 0 Å². The third kappa shape index (κ3) is 3.04. The molecular formula is C21H22N2O2. The highest BCUT2D eigenvalue weighted by atomic mass is 16.2. The summed E-state index contributed by atoms with van der Waals surface area (Å²) in [6.07, 6.45) is 2.90. The van der Waals surface area contributed by atoms with E-state index in [1.165, 1.54) is 5.56 Å². The number of benzene rings is 2. The molecule has 0 spiro atoms. The first-order valence-corrected chi connectivity index (χ1v) is 8.86. The molecule has 4 nitrogen and oxygen atoms in total. The van der Waals surface area contributed by atoms with Crippen molar-refractivity contribution in [1.29, 1.82) is 0 Å². The second-order valence-corrected chi connectivity index (χ2v) is 7.13. The van der Waals surface area contributed by atoms with Gasteiger partial charge in [-0.3, -0.25) is 9.59 Å². The molecule has 1 aliphatic heterocycles. The number of nitrogens with zero attached hydrogens (tertiary/aromatic N) is 1. The number of hydrogen-bond donors (Lipinski definition) is 1. The molecule has 0 unspecified atom stereocenters. The van der Waals surface area contributed by atoms with E-state index >= 15 is 0 Å². The smallest absolute Gasteiger partial charge is 0.255 e. The largest absolute Gasteiger partial charge is 0.322 e. The normalized spacial score (nSPS) is 15.8. The molecule has 25 heavy (non-hydrogen) atoms. The van der Waals surface area contributed by atoms with Gasteiger partial charge >= 0.3 is 0 Å². The molecule has 1 N–H and O–H groups in total. The first-order valence-electron chi connectivity index (χ1n) is 8.86. The first-order chi connectivity index (χ1) is 12.0. The van der Waals surface area contributed by atoms with E-state index in [0.717, 1.165) is 48.3 Å². The first kappa shape index (κ1) is 15.9. The van der Waals surface area contributed by atoms with Crippen LogP contribution in [0, 0.1) is 19.8 Å². The molecule has 128 valence electrons. The maximum absolute atomic E-state index is 12.6. The van der Waals surface area contributed by atoms with Crippen LogP contribution < -0.4 is 10.2 Å². The van der Waals surface area contributed by atoms with E-state index in [-0.39, 0.29) is 17.7 Å². The molecule has 1 aliphatic carbocycles. The number of fused-ring (bicyclic) bond motifs is 1. The van der Waals surface area contributed by atoms with Crippen LogP contribution >= 0.6 is 0 Å². The summed E-state index contributed by atoms with van der Waals surface area (Å²) in [6, 6.07) is 11.7. The fourth-order valence-corrected chi connectivity index (χ4v) is 3.42. The van der Waals surface area contributed by atoms with Gasteiger partial charge in [0, 0.05) is 29.4 Å². The molecule has 1 fully saturated rings. The van der Waals surface area contributed by atoms with Gasteiger partial charge in [0.25, 0.3) is 5.91 Å². The average molecular weight is 334 g/mol. The zero-order valence-corrected chi connectivity index (χ0v) is 14.6. The van der Waals surface area contributed by atoms with Gasteiger partial charge in [0.2, 0.25) is 5.91 Å². The maximum atomic E-state index is 12.6. The van der Waals surface area contributed by atoms with Crippen LogP contribution in [0.4, 0.5) is 11.4 Å². The van der Waals surface area contributed by atoms with Crippen molar-refractivity contribution in [3.05, 3.63) is 58.7 Å². The van der Waals surface area contributed by atoms with Crippen LogP contribution in [0.1, 0.15) is 39.9 Å². The Balaban J connectivity index is 1.58. The summed E-state index contributed by atoms with van der Waals surface area (Å²) in [6.45, 7) is 4.67. The van der Waals surface area contributed by atoms with Gasteiger partial charge in [0.05, 0.1) is 0 Å². The standard InChI is InChI=1S/C21H22N2O2/c1-13-3-4-14(2)18(11-13)20(24)22-17-8-7-15-9-10-23(19(15)12-17)21(25)16-5-6-16/h3-4,7-8,11-12,16H,5-6,9-10H2,1-2H3,(H,22,24). The summed E-state index contributed by atoms with van der Waals surface area (Å²) in [5, 5.41) is 2.98. The molecule has 1 saturated carbocycles. The highest BCUT2D eigenvalue weighted by molar-refractivity contribution is 6.06. The van der Waals surface area contributed by atoms with Gasteiger partial charge in [0.15, 0.2) is 0 Å². The fourth-order valence-electron chi connectivity index (χ4n) is 3.42. The predicted octanol–water partition coefficient (Wildman–Crippen LogP) is 3.85. The predicted molar refractivity (Wildman–Crippen MR) is 99.1 cm³/mol. The molecule has 0 radical (unpaired) electrons. The molecule has 2 aliphatic rings.